The Morgan fingerprint density at radius 1 is 0.828 bits per heavy atom. The Morgan fingerprint density at radius 3 is 1.79 bits per heavy atom. The smallest absolute Gasteiger partial charge is 0.280 e. The maximum atomic E-state index is 12.6. The van der Waals surface area contributed by atoms with Crippen LogP contribution in [0.5, 0.6) is 0 Å². The monoisotopic (exact) mass is 427 g/mol. The molecule has 3 aromatic rings. The van der Waals surface area contributed by atoms with Crippen molar-refractivity contribution in [2.24, 2.45) is 0 Å². The topological polar surface area (TPSA) is 71.4 Å². The minimum Gasteiger partial charge on any atom is -0.319 e. The zero-order valence-electron chi connectivity index (χ0n) is 15.5. The van der Waals surface area contributed by atoms with Crippen LogP contribution in [0.15, 0.2) is 48.5 Å². The van der Waals surface area contributed by atoms with Crippen LogP contribution in [0.2, 0.25) is 10.0 Å². The van der Waals surface area contributed by atoms with Crippen LogP contribution in [-0.4, -0.2) is 27.3 Å². The molecule has 2 aromatic carbocycles. The van der Waals surface area contributed by atoms with Crippen molar-refractivity contribution in [3.05, 3.63) is 86.7 Å². The van der Waals surface area contributed by atoms with Crippen LogP contribution in [0, 0.1) is 13.8 Å². The lowest BCUT2D eigenvalue weighted by molar-refractivity contribution is 0.0518. The fourth-order valence-corrected chi connectivity index (χ4v) is 3.67. The van der Waals surface area contributed by atoms with Crippen LogP contribution < -0.4 is 5.43 Å². The first kappa shape index (κ1) is 19.2. The predicted octanol–water partition coefficient (Wildman–Crippen LogP) is 4.34. The molecule has 4 rings (SSSR count). The molecule has 1 aliphatic rings. The number of hydrogen-bond acceptors (Lipinski definition) is 3. The van der Waals surface area contributed by atoms with Gasteiger partial charge in [0, 0.05) is 22.6 Å². The van der Waals surface area contributed by atoms with E-state index in [0.29, 0.717) is 10.6 Å². The first-order valence-electron chi connectivity index (χ1n) is 8.72. The zero-order chi connectivity index (χ0) is 20.9. The van der Waals surface area contributed by atoms with E-state index in [4.69, 9.17) is 23.2 Å². The third-order valence-corrected chi connectivity index (χ3v) is 5.52. The van der Waals surface area contributed by atoms with Gasteiger partial charge in [-0.25, -0.2) is 0 Å². The van der Waals surface area contributed by atoms with Gasteiger partial charge in [-0.1, -0.05) is 23.2 Å². The van der Waals surface area contributed by atoms with E-state index in [0.717, 1.165) is 17.1 Å². The Bertz CT molecular complexity index is 1120. The molecule has 0 bridgehead atoms. The Hall–Kier alpha value is -3.09. The molecule has 0 saturated heterocycles. The van der Waals surface area contributed by atoms with Crippen LogP contribution in [0.4, 0.5) is 0 Å². The number of carbonyl (C=O) groups is 3. The van der Waals surface area contributed by atoms with Crippen LogP contribution in [-0.2, 0) is 0 Å². The number of halogens is 2. The number of rotatable bonds is 3. The van der Waals surface area contributed by atoms with Gasteiger partial charge >= 0.3 is 0 Å². The number of benzene rings is 2. The molecule has 146 valence electrons. The average molecular weight is 428 g/mol. The molecule has 1 aromatic heterocycles. The van der Waals surface area contributed by atoms with Crippen LogP contribution in [0.25, 0.3) is 5.69 Å². The van der Waals surface area contributed by atoms with E-state index >= 15 is 0 Å². The molecule has 1 aliphatic heterocycles. The summed E-state index contributed by atoms with van der Waals surface area (Å²) in [5.74, 6) is -1.90. The van der Waals surface area contributed by atoms with E-state index in [-0.39, 0.29) is 21.2 Å². The van der Waals surface area contributed by atoms with Crippen LogP contribution >= 0.6 is 23.2 Å². The molecule has 0 fully saturated rings. The van der Waals surface area contributed by atoms with E-state index in [1.807, 2.05) is 26.0 Å². The van der Waals surface area contributed by atoms with Crippen molar-refractivity contribution < 1.29 is 14.4 Å². The first-order valence-corrected chi connectivity index (χ1v) is 9.47. The number of aryl methyl sites for hydroxylation is 2. The predicted molar refractivity (Wildman–Crippen MR) is 110 cm³/mol. The molecule has 0 saturated carbocycles. The number of nitrogens with one attached hydrogen (secondary N) is 1. The third-order valence-electron chi connectivity index (χ3n) is 4.80. The lowest BCUT2D eigenvalue weighted by atomic mass is 10.1. The Labute approximate surface area is 176 Å². The highest BCUT2D eigenvalue weighted by Gasteiger charge is 2.37. The molecule has 0 unspecified atom stereocenters. The van der Waals surface area contributed by atoms with E-state index in [1.54, 1.807) is 24.3 Å². The number of hydrogen-bond donors (Lipinski definition) is 1. The Morgan fingerprint density at radius 2 is 1.31 bits per heavy atom. The van der Waals surface area contributed by atoms with Gasteiger partial charge in [0.1, 0.15) is 0 Å². The molecule has 0 aliphatic carbocycles. The second-order valence-electron chi connectivity index (χ2n) is 6.70. The summed E-state index contributed by atoms with van der Waals surface area (Å²) in [6.45, 7) is 3.99. The van der Waals surface area contributed by atoms with Crippen molar-refractivity contribution in [3.63, 3.8) is 0 Å². The van der Waals surface area contributed by atoms with E-state index in [9.17, 15) is 14.4 Å². The van der Waals surface area contributed by atoms with Gasteiger partial charge in [-0.3, -0.25) is 19.8 Å². The fraction of sp³-hybridized carbons (Fsp3) is 0.0952. The van der Waals surface area contributed by atoms with Gasteiger partial charge in [0.2, 0.25) is 0 Å². The highest BCUT2D eigenvalue weighted by Crippen LogP contribution is 2.31. The molecule has 3 amide bonds. The summed E-state index contributed by atoms with van der Waals surface area (Å²) >= 11 is 11.9. The molecule has 0 radical (unpaired) electrons. The van der Waals surface area contributed by atoms with Crippen molar-refractivity contribution in [1.29, 1.82) is 0 Å². The molecule has 6 nitrogen and oxygen atoms in total. The number of imide groups is 1. The van der Waals surface area contributed by atoms with Crippen molar-refractivity contribution in [2.45, 2.75) is 13.8 Å². The molecule has 1 N–H and O–H groups in total. The maximum Gasteiger partial charge on any atom is 0.280 e. The Balaban J connectivity index is 1.56. The lowest BCUT2D eigenvalue weighted by Crippen LogP contribution is -2.45. The van der Waals surface area contributed by atoms with Gasteiger partial charge in [-0.05, 0) is 62.4 Å². The minimum absolute atomic E-state index is 0.0959. The average Bonchev–Trinajstić information content (AvgIpc) is 3.14. The highest BCUT2D eigenvalue weighted by atomic mass is 35.5. The fourth-order valence-electron chi connectivity index (χ4n) is 3.34. The van der Waals surface area contributed by atoms with Crippen molar-refractivity contribution in [1.82, 2.24) is 15.0 Å². The summed E-state index contributed by atoms with van der Waals surface area (Å²) in [6, 6.07) is 13.5. The number of nitrogens with zero attached hydrogens (tertiary/aromatic N) is 2. The van der Waals surface area contributed by atoms with Crippen LogP contribution in [0.3, 0.4) is 0 Å². The molecule has 0 spiro atoms. The number of aromatic nitrogens is 1. The van der Waals surface area contributed by atoms with Gasteiger partial charge in [-0.2, -0.15) is 5.01 Å². The summed E-state index contributed by atoms with van der Waals surface area (Å²) in [4.78, 5) is 37.6. The van der Waals surface area contributed by atoms with Crippen LogP contribution in [0.1, 0.15) is 42.5 Å². The molecule has 8 heteroatoms. The van der Waals surface area contributed by atoms with Crippen molar-refractivity contribution in [3.8, 4) is 5.69 Å². The number of fused-ring (bicyclic) bond motifs is 1. The summed E-state index contributed by atoms with van der Waals surface area (Å²) < 4.78 is 2.05. The second-order valence-corrected chi connectivity index (χ2v) is 7.51. The van der Waals surface area contributed by atoms with E-state index in [2.05, 4.69) is 9.99 Å². The molecule has 0 atom stereocenters. The summed E-state index contributed by atoms with van der Waals surface area (Å²) in [7, 11) is 0. The number of carbonyl (C=O) groups excluding carboxylic acids is 3. The summed E-state index contributed by atoms with van der Waals surface area (Å²) in [5.41, 5.74) is 5.91. The molecule has 29 heavy (non-hydrogen) atoms. The van der Waals surface area contributed by atoms with Crippen molar-refractivity contribution >= 4 is 40.9 Å². The van der Waals surface area contributed by atoms with Crippen molar-refractivity contribution in [2.75, 3.05) is 0 Å². The largest absolute Gasteiger partial charge is 0.319 e. The lowest BCUT2D eigenvalue weighted by Gasteiger charge is -2.15. The standard InChI is InChI=1S/C21H15Cl2N3O3/c1-11-3-4-12(2)25(11)14-7-5-13(6-8-14)19(27)24-26-20(28)15-9-17(22)18(23)10-16(15)21(26)29/h3-10H,1-2H3,(H,24,27). The van der Waals surface area contributed by atoms with Gasteiger partial charge in [0.05, 0.1) is 21.2 Å². The van der Waals surface area contributed by atoms with E-state index in [1.165, 1.54) is 12.1 Å². The quantitative estimate of drug-likeness (QED) is 0.631. The highest BCUT2D eigenvalue weighted by molar-refractivity contribution is 6.43. The third kappa shape index (κ3) is 3.20. The van der Waals surface area contributed by atoms with E-state index < -0.39 is 17.7 Å². The molecular weight excluding hydrogens is 413 g/mol. The normalized spacial score (nSPS) is 13.0. The zero-order valence-corrected chi connectivity index (χ0v) is 17.0. The van der Waals surface area contributed by atoms with Gasteiger partial charge in [0.25, 0.3) is 17.7 Å². The first-order chi connectivity index (χ1) is 13.8. The number of amides is 3. The molecular formula is C21H15Cl2N3O3. The summed E-state index contributed by atoms with van der Waals surface area (Å²) in [5, 5.41) is 0.991. The van der Waals surface area contributed by atoms with Gasteiger partial charge in [0.15, 0.2) is 0 Å². The summed E-state index contributed by atoms with van der Waals surface area (Å²) in [6.07, 6.45) is 0. The molecule has 2 heterocycles. The van der Waals surface area contributed by atoms with Gasteiger partial charge < -0.3 is 4.57 Å². The van der Waals surface area contributed by atoms with Gasteiger partial charge in [-0.15, -0.1) is 0 Å². The number of hydrazine groups is 1. The Kier molecular flexibility index (Phi) is 4.68. The minimum atomic E-state index is -0.660. The maximum absolute atomic E-state index is 12.6. The second kappa shape index (κ2) is 7.06. The SMILES string of the molecule is Cc1ccc(C)n1-c1ccc(C(=O)NN2C(=O)c3cc(Cl)c(Cl)cc3C2=O)cc1.